The molecule has 0 unspecified atom stereocenters. The summed E-state index contributed by atoms with van der Waals surface area (Å²) in [6, 6.07) is 10.1. The van der Waals surface area contributed by atoms with E-state index in [4.69, 9.17) is 9.47 Å². The second-order valence-corrected chi connectivity index (χ2v) is 8.26. The topological polar surface area (TPSA) is 89.5 Å². The van der Waals surface area contributed by atoms with E-state index in [9.17, 15) is 9.59 Å². The molecular weight excluding hydrogens is 402 g/mol. The van der Waals surface area contributed by atoms with Crippen LogP contribution >= 0.6 is 11.3 Å². The predicted molar refractivity (Wildman–Crippen MR) is 119 cm³/mol. The van der Waals surface area contributed by atoms with Crippen LogP contribution in [0.1, 0.15) is 29.8 Å². The van der Waals surface area contributed by atoms with Crippen molar-refractivity contribution in [3.8, 4) is 11.5 Å². The quantitative estimate of drug-likeness (QED) is 0.595. The van der Waals surface area contributed by atoms with E-state index in [1.54, 1.807) is 18.2 Å². The highest BCUT2D eigenvalue weighted by Crippen LogP contribution is 2.28. The summed E-state index contributed by atoms with van der Waals surface area (Å²) in [5, 5.41) is 6.17. The minimum absolute atomic E-state index is 0.127. The first-order valence-corrected chi connectivity index (χ1v) is 10.3. The number of carbonyl (C=O) groups is 2. The molecule has 0 bridgehead atoms. The number of thiazole rings is 1. The fourth-order valence-electron chi connectivity index (χ4n) is 3.02. The molecule has 0 aliphatic rings. The summed E-state index contributed by atoms with van der Waals surface area (Å²) in [5.41, 5.74) is 2.26. The van der Waals surface area contributed by atoms with Crippen molar-refractivity contribution in [3.05, 3.63) is 47.5 Å². The van der Waals surface area contributed by atoms with Crippen molar-refractivity contribution < 1.29 is 19.1 Å². The Bertz CT molecular complexity index is 1060. The van der Waals surface area contributed by atoms with Gasteiger partial charge in [-0.2, -0.15) is 0 Å². The van der Waals surface area contributed by atoms with Gasteiger partial charge in [0.2, 0.25) is 5.91 Å². The van der Waals surface area contributed by atoms with Crippen molar-refractivity contribution in [3.63, 3.8) is 0 Å². The molecule has 1 heterocycles. The third-order valence-corrected chi connectivity index (χ3v) is 5.64. The van der Waals surface area contributed by atoms with E-state index in [1.165, 1.54) is 25.6 Å². The molecule has 2 amide bonds. The third-order valence-electron chi connectivity index (χ3n) is 4.70. The summed E-state index contributed by atoms with van der Waals surface area (Å²) < 4.78 is 11.4. The summed E-state index contributed by atoms with van der Waals surface area (Å²) in [5.74, 6) is 0.161. The molecule has 0 aliphatic heterocycles. The Morgan fingerprint density at radius 3 is 2.30 bits per heavy atom. The van der Waals surface area contributed by atoms with Gasteiger partial charge in [-0.05, 0) is 36.6 Å². The first kappa shape index (κ1) is 21.6. The fourth-order valence-corrected chi connectivity index (χ4v) is 3.97. The Labute approximate surface area is 179 Å². The van der Waals surface area contributed by atoms with Crippen LogP contribution in [0.4, 0.5) is 5.13 Å². The van der Waals surface area contributed by atoms with E-state index < -0.39 is 6.04 Å². The average molecular weight is 428 g/mol. The maximum atomic E-state index is 12.9. The van der Waals surface area contributed by atoms with E-state index in [2.05, 4.69) is 15.6 Å². The summed E-state index contributed by atoms with van der Waals surface area (Å²) in [7, 11) is 3.03. The number of para-hydroxylation sites is 1. The van der Waals surface area contributed by atoms with E-state index >= 15 is 0 Å². The SMILES string of the molecule is COc1cc(OC)cc(C(=O)N[C@H](C(=O)Nc2nc3c(C)cccc3s2)C(C)C)c1. The van der Waals surface area contributed by atoms with Gasteiger partial charge < -0.3 is 20.1 Å². The zero-order valence-corrected chi connectivity index (χ0v) is 18.4. The van der Waals surface area contributed by atoms with Crippen LogP contribution in [-0.2, 0) is 4.79 Å². The lowest BCUT2D eigenvalue weighted by Crippen LogP contribution is -2.47. The van der Waals surface area contributed by atoms with Crippen LogP contribution in [0.5, 0.6) is 11.5 Å². The minimum atomic E-state index is -0.734. The maximum Gasteiger partial charge on any atom is 0.252 e. The van der Waals surface area contributed by atoms with Gasteiger partial charge in [-0.3, -0.25) is 9.59 Å². The van der Waals surface area contributed by atoms with Gasteiger partial charge in [0, 0.05) is 11.6 Å². The van der Waals surface area contributed by atoms with Crippen LogP contribution in [0.25, 0.3) is 10.2 Å². The molecule has 1 atom stereocenters. The molecule has 30 heavy (non-hydrogen) atoms. The van der Waals surface area contributed by atoms with Crippen LogP contribution < -0.4 is 20.1 Å². The minimum Gasteiger partial charge on any atom is -0.497 e. The molecule has 0 aliphatic carbocycles. The van der Waals surface area contributed by atoms with Crippen molar-refractivity contribution in [2.75, 3.05) is 19.5 Å². The lowest BCUT2D eigenvalue weighted by Gasteiger charge is -2.21. The van der Waals surface area contributed by atoms with Crippen molar-refractivity contribution >= 4 is 38.5 Å². The molecule has 0 saturated carbocycles. The van der Waals surface area contributed by atoms with Crippen molar-refractivity contribution in [2.45, 2.75) is 26.8 Å². The van der Waals surface area contributed by atoms with Gasteiger partial charge in [-0.1, -0.05) is 37.3 Å². The highest BCUT2D eigenvalue weighted by atomic mass is 32.1. The van der Waals surface area contributed by atoms with Gasteiger partial charge in [-0.15, -0.1) is 0 Å². The van der Waals surface area contributed by atoms with Crippen LogP contribution in [0.3, 0.4) is 0 Å². The van der Waals surface area contributed by atoms with E-state index in [0.29, 0.717) is 22.2 Å². The molecule has 0 radical (unpaired) electrons. The Morgan fingerprint density at radius 2 is 1.73 bits per heavy atom. The molecule has 0 saturated heterocycles. The number of methoxy groups -OCH3 is 2. The number of aryl methyl sites for hydroxylation is 1. The molecule has 0 spiro atoms. The number of nitrogens with zero attached hydrogens (tertiary/aromatic N) is 1. The van der Waals surface area contributed by atoms with Crippen LogP contribution in [0.15, 0.2) is 36.4 Å². The molecular formula is C22H25N3O4S. The van der Waals surface area contributed by atoms with Crippen LogP contribution in [-0.4, -0.2) is 37.1 Å². The first-order chi connectivity index (χ1) is 14.3. The smallest absolute Gasteiger partial charge is 0.252 e. The second kappa shape index (κ2) is 9.13. The molecule has 1 aromatic heterocycles. The number of carbonyl (C=O) groups excluding carboxylic acids is 2. The van der Waals surface area contributed by atoms with Gasteiger partial charge >= 0.3 is 0 Å². The number of fused-ring (bicyclic) bond motifs is 1. The molecule has 2 aromatic carbocycles. The second-order valence-electron chi connectivity index (χ2n) is 7.23. The molecule has 158 valence electrons. The van der Waals surface area contributed by atoms with Gasteiger partial charge in [0.15, 0.2) is 5.13 Å². The lowest BCUT2D eigenvalue weighted by molar-refractivity contribution is -0.118. The lowest BCUT2D eigenvalue weighted by atomic mass is 10.0. The number of benzene rings is 2. The zero-order chi connectivity index (χ0) is 21.8. The van der Waals surface area contributed by atoms with Crippen LogP contribution in [0, 0.1) is 12.8 Å². The number of anilines is 1. The first-order valence-electron chi connectivity index (χ1n) is 9.53. The Morgan fingerprint density at radius 1 is 1.07 bits per heavy atom. The number of rotatable bonds is 7. The van der Waals surface area contributed by atoms with Gasteiger partial charge in [0.05, 0.1) is 24.4 Å². The zero-order valence-electron chi connectivity index (χ0n) is 17.6. The van der Waals surface area contributed by atoms with E-state index in [-0.39, 0.29) is 17.7 Å². The Balaban J connectivity index is 1.78. The molecule has 0 fully saturated rings. The molecule has 8 heteroatoms. The van der Waals surface area contributed by atoms with Crippen LogP contribution in [0.2, 0.25) is 0 Å². The highest BCUT2D eigenvalue weighted by Gasteiger charge is 2.26. The molecule has 3 rings (SSSR count). The summed E-state index contributed by atoms with van der Waals surface area (Å²) >= 11 is 1.41. The fraction of sp³-hybridized carbons (Fsp3) is 0.318. The Hall–Kier alpha value is -3.13. The van der Waals surface area contributed by atoms with Gasteiger partial charge in [0.1, 0.15) is 17.5 Å². The summed E-state index contributed by atoms with van der Waals surface area (Å²) in [4.78, 5) is 30.3. The summed E-state index contributed by atoms with van der Waals surface area (Å²) in [6.45, 7) is 5.73. The van der Waals surface area contributed by atoms with E-state index in [0.717, 1.165) is 15.8 Å². The monoisotopic (exact) mass is 427 g/mol. The highest BCUT2D eigenvalue weighted by molar-refractivity contribution is 7.22. The molecule has 7 nitrogen and oxygen atoms in total. The number of hydrogen-bond acceptors (Lipinski definition) is 6. The number of amides is 2. The summed E-state index contributed by atoms with van der Waals surface area (Å²) in [6.07, 6.45) is 0. The largest absolute Gasteiger partial charge is 0.497 e. The van der Waals surface area contributed by atoms with Crippen molar-refractivity contribution in [2.24, 2.45) is 5.92 Å². The van der Waals surface area contributed by atoms with E-state index in [1.807, 2.05) is 39.0 Å². The average Bonchev–Trinajstić information content (AvgIpc) is 3.14. The molecule has 2 N–H and O–H groups in total. The van der Waals surface area contributed by atoms with Crippen molar-refractivity contribution in [1.82, 2.24) is 10.3 Å². The predicted octanol–water partition coefficient (Wildman–Crippen LogP) is 4.02. The molecule has 3 aromatic rings. The van der Waals surface area contributed by atoms with Gasteiger partial charge in [0.25, 0.3) is 5.91 Å². The number of nitrogens with one attached hydrogen (secondary N) is 2. The number of ether oxygens (including phenoxy) is 2. The number of hydrogen-bond donors (Lipinski definition) is 2. The van der Waals surface area contributed by atoms with Gasteiger partial charge in [-0.25, -0.2) is 4.98 Å². The standard InChI is InChI=1S/C22H25N3O4S/c1-12(2)18(23-20(26)14-9-15(28-4)11-16(10-14)29-5)21(27)25-22-24-19-13(3)7-6-8-17(19)30-22/h6-12,18H,1-5H3,(H,23,26)(H,24,25,27)/t18-/m0/s1. The van der Waals surface area contributed by atoms with Crippen molar-refractivity contribution in [1.29, 1.82) is 0 Å². The third kappa shape index (κ3) is 4.71. The Kier molecular flexibility index (Phi) is 6.56. The normalized spacial score (nSPS) is 11.9. The number of aromatic nitrogens is 1. The maximum absolute atomic E-state index is 12.9.